The highest BCUT2D eigenvalue weighted by Crippen LogP contribution is 2.28. The summed E-state index contributed by atoms with van der Waals surface area (Å²) in [4.78, 5) is 37.1. The summed E-state index contributed by atoms with van der Waals surface area (Å²) in [6.07, 6.45) is 4.35. The van der Waals surface area contributed by atoms with E-state index in [9.17, 15) is 9.59 Å². The molecule has 8 heteroatoms. The molecule has 1 aromatic heterocycles. The smallest absolute Gasteiger partial charge is 0.254 e. The molecule has 0 aliphatic rings. The van der Waals surface area contributed by atoms with Crippen molar-refractivity contribution in [1.29, 1.82) is 0 Å². The molecule has 0 bridgehead atoms. The molecule has 1 N–H and O–H groups in total. The van der Waals surface area contributed by atoms with Gasteiger partial charge in [-0.3, -0.25) is 9.59 Å². The third-order valence-electron chi connectivity index (χ3n) is 7.60. The van der Waals surface area contributed by atoms with Gasteiger partial charge in [0.25, 0.3) is 11.8 Å². The third kappa shape index (κ3) is 7.92. The van der Waals surface area contributed by atoms with Gasteiger partial charge in [-0.2, -0.15) is 0 Å². The maximum Gasteiger partial charge on any atom is 0.254 e. The second-order valence-corrected chi connectivity index (χ2v) is 10.7. The van der Waals surface area contributed by atoms with Gasteiger partial charge in [-0.05, 0) is 53.8 Å². The SMILES string of the molecule is COc1ccc(CCN(C)C(=O)c2cccc(-c3ncc(C(=O)N[C@H](Cc4ccccc4)c4ccccc4)cn3)c2)cc1OC. The first-order chi connectivity index (χ1) is 21.9. The molecule has 2 amide bonds. The maximum atomic E-state index is 13.3. The Morgan fingerprint density at radius 2 is 1.44 bits per heavy atom. The van der Waals surface area contributed by atoms with Crippen LogP contribution in [0.25, 0.3) is 11.4 Å². The van der Waals surface area contributed by atoms with Gasteiger partial charge in [-0.1, -0.05) is 78.9 Å². The number of amides is 2. The molecule has 45 heavy (non-hydrogen) atoms. The van der Waals surface area contributed by atoms with Crippen molar-refractivity contribution in [3.63, 3.8) is 0 Å². The van der Waals surface area contributed by atoms with E-state index in [0.29, 0.717) is 53.4 Å². The second-order valence-electron chi connectivity index (χ2n) is 10.7. The number of likely N-dealkylation sites (N-methyl/N-ethyl adjacent to an activating group) is 1. The Balaban J connectivity index is 1.24. The first kappa shape index (κ1) is 30.9. The van der Waals surface area contributed by atoms with Crippen LogP contribution in [0.1, 0.15) is 43.4 Å². The van der Waals surface area contributed by atoms with E-state index in [-0.39, 0.29) is 17.9 Å². The molecular formula is C37H36N4O4. The Morgan fingerprint density at radius 1 is 0.756 bits per heavy atom. The average molecular weight is 601 g/mol. The van der Waals surface area contributed by atoms with Crippen LogP contribution in [0, 0.1) is 0 Å². The minimum absolute atomic E-state index is 0.112. The molecule has 0 saturated carbocycles. The molecule has 1 heterocycles. The first-order valence-electron chi connectivity index (χ1n) is 14.7. The van der Waals surface area contributed by atoms with Gasteiger partial charge in [0.2, 0.25) is 0 Å². The van der Waals surface area contributed by atoms with E-state index < -0.39 is 0 Å². The standard InChI is InChI=1S/C37H36N4O4/c1-41(20-19-27-17-18-33(44-2)34(22-27)45-3)37(43)30-16-10-15-29(23-30)35-38-24-31(25-39-35)36(42)40-32(28-13-8-5-9-14-28)21-26-11-6-4-7-12-26/h4-18,22-25,32H,19-21H2,1-3H3,(H,40,42)/t32-/m1/s1. The van der Waals surface area contributed by atoms with Crippen LogP contribution in [-0.2, 0) is 12.8 Å². The van der Waals surface area contributed by atoms with Gasteiger partial charge in [-0.25, -0.2) is 9.97 Å². The fourth-order valence-corrected chi connectivity index (χ4v) is 5.07. The summed E-state index contributed by atoms with van der Waals surface area (Å²) in [5.41, 5.74) is 4.75. The Labute approximate surface area is 263 Å². The molecule has 4 aromatic carbocycles. The lowest BCUT2D eigenvalue weighted by atomic mass is 9.98. The predicted octanol–water partition coefficient (Wildman–Crippen LogP) is 6.19. The molecule has 228 valence electrons. The molecule has 5 aromatic rings. The Hall–Kier alpha value is -5.50. The number of methoxy groups -OCH3 is 2. The number of ether oxygens (including phenoxy) is 2. The topological polar surface area (TPSA) is 93.7 Å². The quantitative estimate of drug-likeness (QED) is 0.184. The Kier molecular flexibility index (Phi) is 10.2. The third-order valence-corrected chi connectivity index (χ3v) is 7.60. The van der Waals surface area contributed by atoms with Crippen molar-refractivity contribution in [3.05, 3.63) is 143 Å². The van der Waals surface area contributed by atoms with Crippen LogP contribution in [0.5, 0.6) is 11.5 Å². The molecule has 0 aliphatic heterocycles. The molecule has 0 fully saturated rings. The van der Waals surface area contributed by atoms with Gasteiger partial charge in [0, 0.05) is 37.1 Å². The van der Waals surface area contributed by atoms with E-state index in [2.05, 4.69) is 27.4 Å². The highest BCUT2D eigenvalue weighted by Gasteiger charge is 2.18. The fraction of sp³-hybridized carbons (Fsp3) is 0.189. The van der Waals surface area contributed by atoms with Crippen molar-refractivity contribution in [2.45, 2.75) is 18.9 Å². The molecule has 0 unspecified atom stereocenters. The van der Waals surface area contributed by atoms with Crippen LogP contribution in [0.2, 0.25) is 0 Å². The summed E-state index contributed by atoms with van der Waals surface area (Å²) in [6.45, 7) is 0.521. The van der Waals surface area contributed by atoms with Gasteiger partial charge >= 0.3 is 0 Å². The summed E-state index contributed by atoms with van der Waals surface area (Å²) in [6, 6.07) is 32.7. The minimum Gasteiger partial charge on any atom is -0.493 e. The minimum atomic E-state index is -0.258. The monoisotopic (exact) mass is 600 g/mol. The van der Waals surface area contributed by atoms with Crippen LogP contribution in [0.15, 0.2) is 116 Å². The Bertz CT molecular complexity index is 1730. The summed E-state index contributed by atoms with van der Waals surface area (Å²) < 4.78 is 10.7. The van der Waals surface area contributed by atoms with E-state index in [1.54, 1.807) is 38.3 Å². The van der Waals surface area contributed by atoms with E-state index in [1.165, 1.54) is 12.4 Å². The van der Waals surface area contributed by atoms with Crippen LogP contribution >= 0.6 is 0 Å². The number of hydrogen-bond donors (Lipinski definition) is 1. The second kappa shape index (κ2) is 14.8. The fourth-order valence-electron chi connectivity index (χ4n) is 5.07. The molecule has 5 rings (SSSR count). The van der Waals surface area contributed by atoms with E-state index in [4.69, 9.17) is 9.47 Å². The lowest BCUT2D eigenvalue weighted by Crippen LogP contribution is -2.30. The number of nitrogens with one attached hydrogen (secondary N) is 1. The zero-order chi connectivity index (χ0) is 31.6. The molecule has 0 spiro atoms. The summed E-state index contributed by atoms with van der Waals surface area (Å²) >= 11 is 0. The molecule has 0 aliphatic carbocycles. The van der Waals surface area contributed by atoms with Crippen molar-refractivity contribution >= 4 is 11.8 Å². The van der Waals surface area contributed by atoms with Crippen molar-refractivity contribution in [1.82, 2.24) is 20.2 Å². The number of hydrogen-bond acceptors (Lipinski definition) is 6. The van der Waals surface area contributed by atoms with Gasteiger partial charge in [0.1, 0.15) is 0 Å². The van der Waals surface area contributed by atoms with Crippen LogP contribution in [0.3, 0.4) is 0 Å². The van der Waals surface area contributed by atoms with Gasteiger partial charge in [0.05, 0.1) is 25.8 Å². The van der Waals surface area contributed by atoms with Crippen molar-refractivity contribution in [2.75, 3.05) is 27.8 Å². The summed E-state index contributed by atoms with van der Waals surface area (Å²) in [7, 11) is 4.98. The zero-order valence-corrected chi connectivity index (χ0v) is 25.6. The zero-order valence-electron chi connectivity index (χ0n) is 25.6. The van der Waals surface area contributed by atoms with Crippen molar-refractivity contribution in [2.24, 2.45) is 0 Å². The average Bonchev–Trinajstić information content (AvgIpc) is 3.10. The normalized spacial score (nSPS) is 11.4. The first-order valence-corrected chi connectivity index (χ1v) is 14.7. The molecule has 0 saturated heterocycles. The Morgan fingerprint density at radius 3 is 2.13 bits per heavy atom. The lowest BCUT2D eigenvalue weighted by molar-refractivity contribution is 0.0796. The van der Waals surface area contributed by atoms with Crippen LogP contribution in [-0.4, -0.2) is 54.5 Å². The number of nitrogens with zero attached hydrogens (tertiary/aromatic N) is 3. The lowest BCUT2D eigenvalue weighted by Gasteiger charge is -2.19. The molecular weight excluding hydrogens is 564 g/mol. The number of benzene rings is 4. The van der Waals surface area contributed by atoms with Crippen LogP contribution < -0.4 is 14.8 Å². The van der Waals surface area contributed by atoms with Gasteiger partial charge in [0.15, 0.2) is 17.3 Å². The van der Waals surface area contributed by atoms with Gasteiger partial charge < -0.3 is 19.7 Å². The largest absolute Gasteiger partial charge is 0.493 e. The van der Waals surface area contributed by atoms with E-state index in [1.807, 2.05) is 78.9 Å². The van der Waals surface area contributed by atoms with Gasteiger partial charge in [-0.15, -0.1) is 0 Å². The maximum absolute atomic E-state index is 13.3. The van der Waals surface area contributed by atoms with E-state index >= 15 is 0 Å². The predicted molar refractivity (Wildman–Crippen MR) is 174 cm³/mol. The number of carbonyl (C=O) groups excluding carboxylic acids is 2. The molecule has 0 radical (unpaired) electrons. The molecule has 1 atom stereocenters. The highest BCUT2D eigenvalue weighted by atomic mass is 16.5. The number of rotatable bonds is 12. The van der Waals surface area contributed by atoms with E-state index in [0.717, 1.165) is 16.7 Å². The van der Waals surface area contributed by atoms with Crippen molar-refractivity contribution < 1.29 is 19.1 Å². The summed E-state index contributed by atoms with van der Waals surface area (Å²) in [5, 5.41) is 3.15. The number of aromatic nitrogens is 2. The number of carbonyl (C=O) groups is 2. The van der Waals surface area contributed by atoms with Crippen molar-refractivity contribution in [3.8, 4) is 22.9 Å². The highest BCUT2D eigenvalue weighted by molar-refractivity contribution is 5.95. The molecule has 8 nitrogen and oxygen atoms in total. The van der Waals surface area contributed by atoms with Crippen LogP contribution in [0.4, 0.5) is 0 Å². The summed E-state index contributed by atoms with van der Waals surface area (Å²) in [5.74, 6) is 1.38.